The molecule has 180 valence electrons. The van der Waals surface area contributed by atoms with Crippen LogP contribution in [0, 0.1) is 5.41 Å². The Hall–Kier alpha value is -4.12. The molecule has 11 heteroatoms. The lowest BCUT2D eigenvalue weighted by atomic mass is 9.97. The largest absolute Gasteiger partial charge is 0.465 e. The molecule has 1 atom stereocenters. The van der Waals surface area contributed by atoms with Gasteiger partial charge in [0, 0.05) is 31.4 Å². The molecule has 0 aromatic heterocycles. The minimum Gasteiger partial charge on any atom is -0.465 e. The Balaban J connectivity index is 1.77. The molecule has 1 saturated heterocycles. The zero-order valence-corrected chi connectivity index (χ0v) is 19.1. The van der Waals surface area contributed by atoms with Crippen LogP contribution in [0.15, 0.2) is 42.5 Å². The van der Waals surface area contributed by atoms with E-state index in [1.165, 1.54) is 23.1 Å². The predicted octanol–water partition coefficient (Wildman–Crippen LogP) is 0.959. The summed E-state index contributed by atoms with van der Waals surface area (Å²) < 4.78 is 4.80. The lowest BCUT2D eigenvalue weighted by molar-refractivity contribution is -0.122. The third-order valence-corrected chi connectivity index (χ3v) is 5.60. The van der Waals surface area contributed by atoms with E-state index in [0.717, 1.165) is 5.56 Å². The Labute approximate surface area is 197 Å². The van der Waals surface area contributed by atoms with E-state index in [4.69, 9.17) is 21.6 Å². The van der Waals surface area contributed by atoms with E-state index in [1.54, 1.807) is 43.4 Å². The summed E-state index contributed by atoms with van der Waals surface area (Å²) >= 11 is 0. The first kappa shape index (κ1) is 24.5. The van der Waals surface area contributed by atoms with Gasteiger partial charge in [0.2, 0.25) is 5.91 Å². The van der Waals surface area contributed by atoms with Gasteiger partial charge in [0.1, 0.15) is 12.4 Å². The molecule has 0 aliphatic carbocycles. The Morgan fingerprint density at radius 3 is 2.50 bits per heavy atom. The second-order valence-electron chi connectivity index (χ2n) is 7.86. The highest BCUT2D eigenvalue weighted by atomic mass is 16.5. The van der Waals surface area contributed by atoms with Gasteiger partial charge in [-0.25, -0.2) is 15.0 Å². The number of amidine groups is 1. The second kappa shape index (κ2) is 10.7. The standard InChI is InChI=1S/C23H29N7O4/c1-27-30-8-7-19(16-9-17(22(32)34-2)11-18(24)10-16)29(23(30)33)13-20(31)28-12-14-3-5-15(6-4-14)21(25)26/h3-6,9-11,19,27H,7-8,12-13,24H2,1-2H3,(H3,25,26)(H,28,31). The van der Waals surface area contributed by atoms with Crippen LogP contribution in [-0.2, 0) is 16.1 Å². The van der Waals surface area contributed by atoms with Crippen LogP contribution >= 0.6 is 0 Å². The lowest BCUT2D eigenvalue weighted by Gasteiger charge is -2.41. The minimum atomic E-state index is -0.535. The number of ether oxygens (including phenoxy) is 1. The zero-order valence-electron chi connectivity index (χ0n) is 19.1. The number of nitrogens with one attached hydrogen (secondary N) is 3. The SMILES string of the molecule is CNN1CCC(c2cc(N)cc(C(=O)OC)c2)N(CC(=O)NCc2ccc(C(=N)N)cc2)C1=O. The molecule has 0 radical (unpaired) electrons. The first-order valence-electron chi connectivity index (χ1n) is 10.7. The summed E-state index contributed by atoms with van der Waals surface area (Å²) in [7, 11) is 2.92. The second-order valence-corrected chi connectivity index (χ2v) is 7.86. The maximum absolute atomic E-state index is 13.1. The molecular formula is C23H29N7O4. The van der Waals surface area contributed by atoms with Crippen LogP contribution < -0.4 is 22.2 Å². The molecule has 0 bridgehead atoms. The molecule has 11 nitrogen and oxygen atoms in total. The summed E-state index contributed by atoms with van der Waals surface area (Å²) in [5.41, 5.74) is 17.0. The van der Waals surface area contributed by atoms with Crippen molar-refractivity contribution in [2.45, 2.75) is 19.0 Å². The number of nitrogens with zero attached hydrogens (tertiary/aromatic N) is 2. The van der Waals surface area contributed by atoms with E-state index in [9.17, 15) is 14.4 Å². The molecule has 1 fully saturated rings. The molecule has 1 aliphatic rings. The van der Waals surface area contributed by atoms with Crippen molar-refractivity contribution in [3.63, 3.8) is 0 Å². The number of carbonyl (C=O) groups is 3. The van der Waals surface area contributed by atoms with Crippen molar-refractivity contribution in [2.75, 3.05) is 33.0 Å². The Morgan fingerprint density at radius 2 is 1.88 bits per heavy atom. The van der Waals surface area contributed by atoms with Crippen LogP contribution in [0.2, 0.25) is 0 Å². The number of anilines is 1. The molecule has 1 aliphatic heterocycles. The summed E-state index contributed by atoms with van der Waals surface area (Å²) in [5, 5.41) is 11.7. The number of hydrogen-bond acceptors (Lipinski definition) is 7. The van der Waals surface area contributed by atoms with Gasteiger partial charge in [0.25, 0.3) is 0 Å². The highest BCUT2D eigenvalue weighted by molar-refractivity contribution is 5.95. The van der Waals surface area contributed by atoms with Gasteiger partial charge in [-0.05, 0) is 35.7 Å². The number of esters is 1. The van der Waals surface area contributed by atoms with Crippen molar-refractivity contribution in [1.29, 1.82) is 5.41 Å². The van der Waals surface area contributed by atoms with Gasteiger partial charge >= 0.3 is 12.0 Å². The number of benzene rings is 2. The van der Waals surface area contributed by atoms with Gasteiger partial charge in [0.05, 0.1) is 18.7 Å². The van der Waals surface area contributed by atoms with E-state index in [1.807, 2.05) is 0 Å². The molecule has 2 aromatic rings. The number of nitrogen functional groups attached to an aromatic ring is 2. The summed E-state index contributed by atoms with van der Waals surface area (Å²) in [5.74, 6) is -0.909. The van der Waals surface area contributed by atoms with Gasteiger partial charge < -0.3 is 26.4 Å². The number of carbonyl (C=O) groups excluding carboxylic acids is 3. The van der Waals surface area contributed by atoms with Crippen molar-refractivity contribution in [3.8, 4) is 0 Å². The van der Waals surface area contributed by atoms with Gasteiger partial charge in [-0.3, -0.25) is 15.2 Å². The van der Waals surface area contributed by atoms with Crippen molar-refractivity contribution >= 4 is 29.4 Å². The monoisotopic (exact) mass is 467 g/mol. The van der Waals surface area contributed by atoms with Crippen molar-refractivity contribution in [1.82, 2.24) is 20.7 Å². The molecular weight excluding hydrogens is 438 g/mol. The maximum atomic E-state index is 13.1. The number of urea groups is 1. The first-order chi connectivity index (χ1) is 16.2. The fourth-order valence-electron chi connectivity index (χ4n) is 3.84. The van der Waals surface area contributed by atoms with E-state index < -0.39 is 12.0 Å². The highest BCUT2D eigenvalue weighted by Crippen LogP contribution is 2.31. The van der Waals surface area contributed by atoms with Crippen molar-refractivity contribution < 1.29 is 19.1 Å². The first-order valence-corrected chi connectivity index (χ1v) is 10.7. The number of methoxy groups -OCH3 is 1. The van der Waals surface area contributed by atoms with Crippen LogP contribution in [0.25, 0.3) is 0 Å². The molecule has 0 saturated carbocycles. The molecule has 0 spiro atoms. The molecule has 1 unspecified atom stereocenters. The number of hydrazine groups is 1. The summed E-state index contributed by atoms with van der Waals surface area (Å²) in [6.45, 7) is 0.489. The Kier molecular flexibility index (Phi) is 7.69. The number of amides is 3. The summed E-state index contributed by atoms with van der Waals surface area (Å²) in [4.78, 5) is 39.3. The number of rotatable bonds is 8. The van der Waals surface area contributed by atoms with Crippen LogP contribution in [0.1, 0.15) is 39.5 Å². The van der Waals surface area contributed by atoms with E-state index in [0.29, 0.717) is 29.8 Å². The molecule has 1 heterocycles. The molecule has 7 N–H and O–H groups in total. The third kappa shape index (κ3) is 5.62. The average Bonchev–Trinajstić information content (AvgIpc) is 2.83. The third-order valence-electron chi connectivity index (χ3n) is 5.60. The predicted molar refractivity (Wildman–Crippen MR) is 127 cm³/mol. The summed E-state index contributed by atoms with van der Waals surface area (Å²) in [6.07, 6.45) is 0.524. The van der Waals surface area contributed by atoms with Crippen LogP contribution in [0.4, 0.5) is 10.5 Å². The fraction of sp³-hybridized carbons (Fsp3) is 0.304. The van der Waals surface area contributed by atoms with Gasteiger partial charge in [-0.15, -0.1) is 0 Å². The Morgan fingerprint density at radius 1 is 1.18 bits per heavy atom. The Bertz CT molecular complexity index is 1090. The van der Waals surface area contributed by atoms with Crippen LogP contribution in [0.3, 0.4) is 0 Å². The van der Waals surface area contributed by atoms with E-state index in [2.05, 4.69) is 10.7 Å². The lowest BCUT2D eigenvalue weighted by Crippen LogP contribution is -2.56. The summed E-state index contributed by atoms with van der Waals surface area (Å²) in [6, 6.07) is 11.0. The zero-order chi connectivity index (χ0) is 24.8. The normalized spacial score (nSPS) is 15.7. The van der Waals surface area contributed by atoms with E-state index in [-0.39, 0.29) is 36.4 Å². The van der Waals surface area contributed by atoms with E-state index >= 15 is 0 Å². The average molecular weight is 468 g/mol. The molecule has 2 aromatic carbocycles. The molecule has 3 rings (SSSR count). The molecule has 34 heavy (non-hydrogen) atoms. The van der Waals surface area contributed by atoms with Crippen molar-refractivity contribution in [2.24, 2.45) is 5.73 Å². The molecule has 3 amide bonds. The topological polar surface area (TPSA) is 167 Å². The quantitative estimate of drug-likeness (QED) is 0.167. The van der Waals surface area contributed by atoms with Gasteiger partial charge in [0.15, 0.2) is 0 Å². The van der Waals surface area contributed by atoms with Crippen LogP contribution in [0.5, 0.6) is 0 Å². The number of nitrogens with two attached hydrogens (primary N) is 2. The van der Waals surface area contributed by atoms with Gasteiger partial charge in [-0.2, -0.15) is 0 Å². The van der Waals surface area contributed by atoms with Crippen LogP contribution in [-0.4, -0.2) is 60.9 Å². The highest BCUT2D eigenvalue weighted by Gasteiger charge is 2.35. The fourth-order valence-corrected chi connectivity index (χ4v) is 3.84. The minimum absolute atomic E-state index is 0.0313. The smallest absolute Gasteiger partial charge is 0.337 e. The van der Waals surface area contributed by atoms with Crippen molar-refractivity contribution in [3.05, 3.63) is 64.7 Å². The maximum Gasteiger partial charge on any atom is 0.337 e. The van der Waals surface area contributed by atoms with Gasteiger partial charge in [-0.1, -0.05) is 24.3 Å². The number of hydrogen-bond donors (Lipinski definition) is 5.